The van der Waals surface area contributed by atoms with E-state index < -0.39 is 0 Å². The molecule has 0 aliphatic rings. The number of rotatable bonds is 5. The molecule has 5 nitrogen and oxygen atoms in total. The van der Waals surface area contributed by atoms with Gasteiger partial charge in [-0.3, -0.25) is 9.59 Å². The number of hydrogen-bond donors (Lipinski definition) is 1. The van der Waals surface area contributed by atoms with Crippen LogP contribution < -0.4 is 5.32 Å². The molecule has 0 unspecified atom stereocenters. The van der Waals surface area contributed by atoms with E-state index in [1.807, 2.05) is 26.0 Å². The summed E-state index contributed by atoms with van der Waals surface area (Å²) in [5.41, 5.74) is 1.14. The fourth-order valence-corrected chi connectivity index (χ4v) is 2.51. The van der Waals surface area contributed by atoms with Crippen LogP contribution in [0, 0.1) is 0 Å². The van der Waals surface area contributed by atoms with Gasteiger partial charge < -0.3 is 10.2 Å². The van der Waals surface area contributed by atoms with Gasteiger partial charge in [0, 0.05) is 23.2 Å². The fourth-order valence-electron chi connectivity index (χ4n) is 2.11. The third-order valence-electron chi connectivity index (χ3n) is 3.33. The van der Waals surface area contributed by atoms with Gasteiger partial charge >= 0.3 is 0 Å². The van der Waals surface area contributed by atoms with E-state index in [9.17, 15) is 9.59 Å². The first-order chi connectivity index (χ1) is 11.0. The highest BCUT2D eigenvalue weighted by Gasteiger charge is 2.16. The Bertz CT molecular complexity index is 714. The van der Waals surface area contributed by atoms with E-state index in [0.29, 0.717) is 18.8 Å². The number of carbonyl (C=O) groups is 2. The number of aromatic nitrogens is 1. The van der Waals surface area contributed by atoms with Crippen LogP contribution in [0.5, 0.6) is 0 Å². The molecule has 2 amide bonds. The maximum Gasteiger partial charge on any atom is 0.274 e. The summed E-state index contributed by atoms with van der Waals surface area (Å²) >= 11 is 3.35. The molecule has 120 valence electrons. The molecule has 0 spiro atoms. The second kappa shape index (κ2) is 7.87. The van der Waals surface area contributed by atoms with Crippen molar-refractivity contribution >= 4 is 33.4 Å². The van der Waals surface area contributed by atoms with E-state index in [4.69, 9.17) is 0 Å². The number of anilines is 1. The zero-order chi connectivity index (χ0) is 16.8. The lowest BCUT2D eigenvalue weighted by molar-refractivity contribution is 0.0767. The molecular weight excluding hydrogens is 358 g/mol. The zero-order valence-corrected chi connectivity index (χ0v) is 14.6. The lowest BCUT2D eigenvalue weighted by Crippen LogP contribution is -2.31. The van der Waals surface area contributed by atoms with Crippen LogP contribution in [-0.2, 0) is 0 Å². The Kier molecular flexibility index (Phi) is 5.87. The van der Waals surface area contributed by atoms with Crippen LogP contribution in [0.4, 0.5) is 5.69 Å². The number of carbonyl (C=O) groups excluding carboxylic acids is 2. The molecule has 0 saturated carbocycles. The number of benzene rings is 1. The van der Waals surface area contributed by atoms with Crippen molar-refractivity contribution in [2.75, 3.05) is 18.4 Å². The average Bonchev–Trinajstić information content (AvgIpc) is 2.56. The first-order valence-electron chi connectivity index (χ1n) is 7.38. The van der Waals surface area contributed by atoms with Gasteiger partial charge in [-0.2, -0.15) is 0 Å². The van der Waals surface area contributed by atoms with Gasteiger partial charge in [-0.05, 0) is 44.2 Å². The van der Waals surface area contributed by atoms with Crippen LogP contribution in [0.1, 0.15) is 34.8 Å². The van der Waals surface area contributed by atoms with E-state index >= 15 is 0 Å². The van der Waals surface area contributed by atoms with Gasteiger partial charge in [-0.25, -0.2) is 4.98 Å². The second-order valence-electron chi connectivity index (χ2n) is 4.85. The Morgan fingerprint density at radius 3 is 2.39 bits per heavy atom. The summed E-state index contributed by atoms with van der Waals surface area (Å²) in [5, 5.41) is 2.77. The Balaban J connectivity index is 2.19. The standard InChI is InChI=1S/C17H18BrN3O2/c1-3-21(4-2)17(23)15-10-6-9-14(20-15)16(22)19-13-8-5-7-12(18)11-13/h5-11H,3-4H2,1-2H3,(H,19,22). The molecule has 0 aliphatic carbocycles. The summed E-state index contributed by atoms with van der Waals surface area (Å²) in [6, 6.07) is 12.2. The van der Waals surface area contributed by atoms with E-state index in [2.05, 4.69) is 26.2 Å². The summed E-state index contributed by atoms with van der Waals surface area (Å²) in [4.78, 5) is 30.5. The molecule has 2 aromatic rings. The Labute approximate surface area is 143 Å². The molecule has 1 aromatic heterocycles. The molecule has 23 heavy (non-hydrogen) atoms. The summed E-state index contributed by atoms with van der Waals surface area (Å²) in [6.07, 6.45) is 0. The monoisotopic (exact) mass is 375 g/mol. The minimum atomic E-state index is -0.350. The molecule has 1 heterocycles. The van der Waals surface area contributed by atoms with Crippen LogP contribution in [0.15, 0.2) is 46.9 Å². The molecule has 0 radical (unpaired) electrons. The van der Waals surface area contributed by atoms with Crippen molar-refractivity contribution in [2.24, 2.45) is 0 Å². The topological polar surface area (TPSA) is 62.3 Å². The van der Waals surface area contributed by atoms with Crippen LogP contribution in [-0.4, -0.2) is 34.8 Å². The quantitative estimate of drug-likeness (QED) is 0.868. The first-order valence-corrected chi connectivity index (χ1v) is 8.17. The van der Waals surface area contributed by atoms with Gasteiger partial charge in [-0.1, -0.05) is 28.1 Å². The van der Waals surface area contributed by atoms with Crippen molar-refractivity contribution in [1.82, 2.24) is 9.88 Å². The predicted molar refractivity (Wildman–Crippen MR) is 93.6 cm³/mol. The van der Waals surface area contributed by atoms with Gasteiger partial charge in [-0.15, -0.1) is 0 Å². The average molecular weight is 376 g/mol. The van der Waals surface area contributed by atoms with Gasteiger partial charge in [0.2, 0.25) is 0 Å². The minimum absolute atomic E-state index is 0.174. The Hall–Kier alpha value is -2.21. The van der Waals surface area contributed by atoms with Crippen LogP contribution in [0.3, 0.4) is 0 Å². The van der Waals surface area contributed by atoms with E-state index in [0.717, 1.165) is 4.47 Å². The molecule has 0 atom stereocenters. The predicted octanol–water partition coefficient (Wildman–Crippen LogP) is 3.58. The van der Waals surface area contributed by atoms with Crippen LogP contribution in [0.25, 0.3) is 0 Å². The maximum atomic E-state index is 12.3. The third kappa shape index (κ3) is 4.39. The summed E-state index contributed by atoms with van der Waals surface area (Å²) in [5.74, 6) is -0.524. The second-order valence-corrected chi connectivity index (χ2v) is 5.77. The third-order valence-corrected chi connectivity index (χ3v) is 3.83. The number of hydrogen-bond acceptors (Lipinski definition) is 3. The first kappa shape index (κ1) is 17.1. The SMILES string of the molecule is CCN(CC)C(=O)c1cccc(C(=O)Nc2cccc(Br)c2)n1. The van der Waals surface area contributed by atoms with Crippen molar-refractivity contribution in [3.8, 4) is 0 Å². The highest BCUT2D eigenvalue weighted by molar-refractivity contribution is 9.10. The molecule has 2 rings (SSSR count). The highest BCUT2D eigenvalue weighted by Crippen LogP contribution is 2.16. The zero-order valence-electron chi connectivity index (χ0n) is 13.0. The van der Waals surface area contributed by atoms with Crippen LogP contribution in [0.2, 0.25) is 0 Å². The molecule has 1 aromatic carbocycles. The van der Waals surface area contributed by atoms with Crippen molar-refractivity contribution in [2.45, 2.75) is 13.8 Å². The minimum Gasteiger partial charge on any atom is -0.338 e. The molecule has 1 N–H and O–H groups in total. The molecule has 0 bridgehead atoms. The van der Waals surface area contributed by atoms with E-state index in [-0.39, 0.29) is 23.2 Å². The Morgan fingerprint density at radius 2 is 1.74 bits per heavy atom. The molecule has 6 heteroatoms. The lowest BCUT2D eigenvalue weighted by atomic mass is 10.2. The Morgan fingerprint density at radius 1 is 1.09 bits per heavy atom. The van der Waals surface area contributed by atoms with Gasteiger partial charge in [0.15, 0.2) is 0 Å². The molecule has 0 fully saturated rings. The summed E-state index contributed by atoms with van der Waals surface area (Å²) in [6.45, 7) is 5.02. The largest absolute Gasteiger partial charge is 0.338 e. The van der Waals surface area contributed by atoms with E-state index in [1.165, 1.54) is 0 Å². The number of pyridine rings is 1. The van der Waals surface area contributed by atoms with Crippen molar-refractivity contribution in [1.29, 1.82) is 0 Å². The maximum absolute atomic E-state index is 12.3. The van der Waals surface area contributed by atoms with Gasteiger partial charge in [0.25, 0.3) is 11.8 Å². The highest BCUT2D eigenvalue weighted by atomic mass is 79.9. The smallest absolute Gasteiger partial charge is 0.274 e. The number of halogens is 1. The van der Waals surface area contributed by atoms with Crippen molar-refractivity contribution < 1.29 is 9.59 Å². The molecular formula is C17H18BrN3O2. The summed E-state index contributed by atoms with van der Waals surface area (Å²) in [7, 11) is 0. The fraction of sp³-hybridized carbons (Fsp3) is 0.235. The van der Waals surface area contributed by atoms with Gasteiger partial charge in [0.05, 0.1) is 0 Å². The van der Waals surface area contributed by atoms with E-state index in [1.54, 1.807) is 35.2 Å². The normalized spacial score (nSPS) is 10.2. The molecule has 0 aliphatic heterocycles. The van der Waals surface area contributed by atoms with Crippen molar-refractivity contribution in [3.63, 3.8) is 0 Å². The number of nitrogens with one attached hydrogen (secondary N) is 1. The lowest BCUT2D eigenvalue weighted by Gasteiger charge is -2.18. The number of amides is 2. The summed E-state index contributed by atoms with van der Waals surface area (Å²) < 4.78 is 0.869. The van der Waals surface area contributed by atoms with Gasteiger partial charge in [0.1, 0.15) is 11.4 Å². The molecule has 0 saturated heterocycles. The van der Waals surface area contributed by atoms with Crippen LogP contribution >= 0.6 is 15.9 Å². The van der Waals surface area contributed by atoms with Crippen molar-refractivity contribution in [3.05, 3.63) is 58.3 Å². The number of nitrogens with zero attached hydrogens (tertiary/aromatic N) is 2.